The third-order valence-corrected chi connectivity index (χ3v) is 5.18. The first-order valence-electron chi connectivity index (χ1n) is 6.77. The van der Waals surface area contributed by atoms with Gasteiger partial charge in [-0.3, -0.25) is 4.79 Å². The Morgan fingerprint density at radius 1 is 1.37 bits per heavy atom. The molecular formula is C12H23NO5S. The number of rotatable bonds is 8. The lowest BCUT2D eigenvalue weighted by molar-refractivity contribution is -0.138. The molecule has 1 heterocycles. The Balaban J connectivity index is 2.30. The molecule has 7 heteroatoms. The molecule has 0 bridgehead atoms. The minimum atomic E-state index is -3.12. The van der Waals surface area contributed by atoms with Crippen LogP contribution in [0.5, 0.6) is 0 Å². The Hall–Kier alpha value is -0.660. The summed E-state index contributed by atoms with van der Waals surface area (Å²) in [7, 11) is -3.12. The van der Waals surface area contributed by atoms with Crippen molar-refractivity contribution in [1.82, 2.24) is 4.31 Å². The molecular weight excluding hydrogens is 270 g/mol. The van der Waals surface area contributed by atoms with E-state index in [1.54, 1.807) is 0 Å². The van der Waals surface area contributed by atoms with E-state index >= 15 is 0 Å². The van der Waals surface area contributed by atoms with Gasteiger partial charge in [-0.2, -0.15) is 0 Å². The van der Waals surface area contributed by atoms with E-state index < -0.39 is 16.0 Å². The molecule has 0 aromatic carbocycles. The SMILES string of the molecule is CCCCS(=O)(=O)N1CCC(OCCC(=O)O)CC1. The summed E-state index contributed by atoms with van der Waals surface area (Å²) in [5.74, 6) is -0.659. The average molecular weight is 293 g/mol. The second-order valence-electron chi connectivity index (χ2n) is 4.78. The highest BCUT2D eigenvalue weighted by Gasteiger charge is 2.27. The molecule has 0 aliphatic carbocycles. The van der Waals surface area contributed by atoms with Crippen molar-refractivity contribution in [2.45, 2.75) is 45.1 Å². The Kier molecular flexibility index (Phi) is 6.74. The van der Waals surface area contributed by atoms with Crippen molar-refractivity contribution in [2.75, 3.05) is 25.4 Å². The molecule has 6 nitrogen and oxygen atoms in total. The second-order valence-corrected chi connectivity index (χ2v) is 6.87. The number of aliphatic carboxylic acids is 1. The first-order valence-corrected chi connectivity index (χ1v) is 8.38. The van der Waals surface area contributed by atoms with Crippen LogP contribution < -0.4 is 0 Å². The summed E-state index contributed by atoms with van der Waals surface area (Å²) in [4.78, 5) is 10.4. The maximum Gasteiger partial charge on any atom is 0.305 e. The third kappa shape index (κ3) is 5.88. The molecule has 1 fully saturated rings. The van der Waals surface area contributed by atoms with Gasteiger partial charge in [0.05, 0.1) is 24.9 Å². The molecule has 0 saturated carbocycles. The molecule has 1 aliphatic heterocycles. The zero-order valence-electron chi connectivity index (χ0n) is 11.4. The van der Waals surface area contributed by atoms with Crippen LogP contribution in [-0.2, 0) is 19.6 Å². The number of hydrogen-bond donors (Lipinski definition) is 1. The maximum absolute atomic E-state index is 12.0. The summed E-state index contributed by atoms with van der Waals surface area (Å²) in [6.45, 7) is 3.12. The summed E-state index contributed by atoms with van der Waals surface area (Å²) in [5.41, 5.74) is 0. The van der Waals surface area contributed by atoms with Crippen LogP contribution in [-0.4, -0.2) is 55.4 Å². The van der Waals surface area contributed by atoms with Gasteiger partial charge in [-0.15, -0.1) is 0 Å². The van der Waals surface area contributed by atoms with E-state index in [-0.39, 0.29) is 24.9 Å². The number of carbonyl (C=O) groups is 1. The number of piperidine rings is 1. The van der Waals surface area contributed by atoms with E-state index in [2.05, 4.69) is 0 Å². The monoisotopic (exact) mass is 293 g/mol. The zero-order valence-corrected chi connectivity index (χ0v) is 12.2. The van der Waals surface area contributed by atoms with Crippen LogP contribution in [0, 0.1) is 0 Å². The van der Waals surface area contributed by atoms with Gasteiger partial charge in [-0.1, -0.05) is 13.3 Å². The number of nitrogens with zero attached hydrogens (tertiary/aromatic N) is 1. The van der Waals surface area contributed by atoms with Crippen molar-refractivity contribution in [2.24, 2.45) is 0 Å². The van der Waals surface area contributed by atoms with E-state index in [1.165, 1.54) is 4.31 Å². The normalized spacial score (nSPS) is 18.6. The molecule has 0 atom stereocenters. The molecule has 0 radical (unpaired) electrons. The molecule has 1 rings (SSSR count). The van der Waals surface area contributed by atoms with Crippen molar-refractivity contribution in [3.8, 4) is 0 Å². The van der Waals surface area contributed by atoms with Crippen LogP contribution in [0.15, 0.2) is 0 Å². The fourth-order valence-electron chi connectivity index (χ4n) is 2.05. The van der Waals surface area contributed by atoms with Crippen LogP contribution in [0.3, 0.4) is 0 Å². The molecule has 0 aromatic rings. The van der Waals surface area contributed by atoms with E-state index in [0.717, 1.165) is 6.42 Å². The lowest BCUT2D eigenvalue weighted by Crippen LogP contribution is -2.42. The number of carboxylic acid groups (broad SMARTS) is 1. The molecule has 0 unspecified atom stereocenters. The van der Waals surface area contributed by atoms with E-state index in [1.807, 2.05) is 6.92 Å². The third-order valence-electron chi connectivity index (χ3n) is 3.22. The molecule has 0 amide bonds. The highest BCUT2D eigenvalue weighted by atomic mass is 32.2. The van der Waals surface area contributed by atoms with Crippen molar-refractivity contribution in [3.05, 3.63) is 0 Å². The minimum absolute atomic E-state index is 0.00495. The standard InChI is InChI=1S/C12H23NO5S/c1-2-3-10-19(16,17)13-7-4-11(5-8-13)18-9-6-12(14)15/h11H,2-10H2,1H3,(H,14,15). The Labute approximate surface area is 114 Å². The summed E-state index contributed by atoms with van der Waals surface area (Å²) >= 11 is 0. The van der Waals surface area contributed by atoms with Crippen LogP contribution in [0.25, 0.3) is 0 Å². The smallest absolute Gasteiger partial charge is 0.305 e. The van der Waals surface area contributed by atoms with Crippen LogP contribution >= 0.6 is 0 Å². The number of unbranched alkanes of at least 4 members (excludes halogenated alkanes) is 1. The van der Waals surface area contributed by atoms with Gasteiger partial charge in [0.25, 0.3) is 0 Å². The summed E-state index contributed by atoms with van der Waals surface area (Å²) < 4.78 is 30.9. The largest absolute Gasteiger partial charge is 0.481 e. The summed E-state index contributed by atoms with van der Waals surface area (Å²) in [6.07, 6.45) is 2.83. The lowest BCUT2D eigenvalue weighted by Gasteiger charge is -2.31. The highest BCUT2D eigenvalue weighted by Crippen LogP contribution is 2.17. The average Bonchev–Trinajstić information content (AvgIpc) is 2.37. The number of carboxylic acids is 1. The predicted octanol–water partition coefficient (Wildman–Crippen LogP) is 1.07. The topological polar surface area (TPSA) is 83.9 Å². The molecule has 1 saturated heterocycles. The Morgan fingerprint density at radius 2 is 2.00 bits per heavy atom. The summed E-state index contributed by atoms with van der Waals surface area (Å²) in [6, 6.07) is 0. The van der Waals surface area contributed by atoms with Gasteiger partial charge < -0.3 is 9.84 Å². The zero-order chi connectivity index (χ0) is 14.3. The van der Waals surface area contributed by atoms with Gasteiger partial charge in [-0.25, -0.2) is 12.7 Å². The van der Waals surface area contributed by atoms with Gasteiger partial charge in [0.15, 0.2) is 0 Å². The lowest BCUT2D eigenvalue weighted by atomic mass is 10.1. The molecule has 1 aliphatic rings. The highest BCUT2D eigenvalue weighted by molar-refractivity contribution is 7.89. The van der Waals surface area contributed by atoms with Crippen molar-refractivity contribution in [3.63, 3.8) is 0 Å². The van der Waals surface area contributed by atoms with Crippen molar-refractivity contribution >= 4 is 16.0 Å². The van der Waals surface area contributed by atoms with Crippen LogP contribution in [0.2, 0.25) is 0 Å². The molecule has 1 N–H and O–H groups in total. The fraction of sp³-hybridized carbons (Fsp3) is 0.917. The number of ether oxygens (including phenoxy) is 1. The predicted molar refractivity (Wildman–Crippen MR) is 71.5 cm³/mol. The van der Waals surface area contributed by atoms with Gasteiger partial charge in [0, 0.05) is 13.1 Å². The summed E-state index contributed by atoms with van der Waals surface area (Å²) in [5, 5.41) is 8.51. The Bertz CT molecular complexity index is 374. The molecule has 19 heavy (non-hydrogen) atoms. The molecule has 112 valence electrons. The number of hydrogen-bond acceptors (Lipinski definition) is 4. The van der Waals surface area contributed by atoms with Crippen LogP contribution in [0.4, 0.5) is 0 Å². The van der Waals surface area contributed by atoms with E-state index in [0.29, 0.717) is 32.4 Å². The van der Waals surface area contributed by atoms with E-state index in [4.69, 9.17) is 9.84 Å². The second kappa shape index (κ2) is 7.81. The molecule has 0 aromatic heterocycles. The Morgan fingerprint density at radius 3 is 2.53 bits per heavy atom. The first kappa shape index (κ1) is 16.4. The number of sulfonamides is 1. The van der Waals surface area contributed by atoms with Gasteiger partial charge >= 0.3 is 5.97 Å². The quantitative estimate of drug-likeness (QED) is 0.723. The van der Waals surface area contributed by atoms with Gasteiger partial charge in [0.2, 0.25) is 10.0 Å². The molecule has 0 spiro atoms. The van der Waals surface area contributed by atoms with Gasteiger partial charge in [-0.05, 0) is 19.3 Å². The fourth-order valence-corrected chi connectivity index (χ4v) is 3.72. The van der Waals surface area contributed by atoms with Crippen molar-refractivity contribution < 1.29 is 23.1 Å². The van der Waals surface area contributed by atoms with E-state index in [9.17, 15) is 13.2 Å². The van der Waals surface area contributed by atoms with Crippen LogP contribution in [0.1, 0.15) is 39.0 Å². The minimum Gasteiger partial charge on any atom is -0.481 e. The first-order chi connectivity index (χ1) is 8.95. The van der Waals surface area contributed by atoms with Gasteiger partial charge in [0.1, 0.15) is 0 Å². The maximum atomic E-state index is 12.0. The van der Waals surface area contributed by atoms with Crippen molar-refractivity contribution in [1.29, 1.82) is 0 Å².